The van der Waals surface area contributed by atoms with Gasteiger partial charge in [0.05, 0.1) is 26.0 Å². The number of rotatable bonds is 4. The molecule has 0 aliphatic rings. The molecule has 2 aromatic rings. The number of nitrogens with zero attached hydrogens (tertiary/aromatic N) is 1. The van der Waals surface area contributed by atoms with Gasteiger partial charge in [-0.25, -0.2) is 4.79 Å². The molecule has 0 saturated carbocycles. The minimum Gasteiger partial charge on any atom is -0.493 e. The van der Waals surface area contributed by atoms with Crippen LogP contribution in [0.4, 0.5) is 0 Å². The van der Waals surface area contributed by atoms with Crippen molar-refractivity contribution < 1.29 is 23.9 Å². The maximum absolute atomic E-state index is 10.9. The average Bonchev–Trinajstić information content (AvgIpc) is 2.87. The summed E-state index contributed by atoms with van der Waals surface area (Å²) in [7, 11) is 3.03. The van der Waals surface area contributed by atoms with E-state index in [4.69, 9.17) is 14.6 Å². The molecule has 0 aliphatic carbocycles. The van der Waals surface area contributed by atoms with Crippen LogP contribution in [-0.4, -0.2) is 30.5 Å². The monoisotopic (exact) mass is 249 g/mol. The Kier molecular flexibility index (Phi) is 3.18. The Morgan fingerprint density at radius 2 is 2.00 bits per heavy atom. The Bertz CT molecular complexity index is 576. The first kappa shape index (κ1) is 12.0. The number of hydrogen-bond donors (Lipinski definition) is 1. The van der Waals surface area contributed by atoms with E-state index in [-0.39, 0.29) is 5.76 Å². The quantitative estimate of drug-likeness (QED) is 0.893. The fourth-order valence-corrected chi connectivity index (χ4v) is 1.60. The van der Waals surface area contributed by atoms with Gasteiger partial charge in [-0.05, 0) is 17.7 Å². The highest BCUT2D eigenvalue weighted by Crippen LogP contribution is 2.33. The number of aromatic nitrogens is 1. The molecule has 6 nitrogen and oxygen atoms in total. The summed E-state index contributed by atoms with van der Waals surface area (Å²) >= 11 is 0. The van der Waals surface area contributed by atoms with E-state index < -0.39 is 5.97 Å². The molecule has 0 aliphatic heterocycles. The van der Waals surface area contributed by atoms with Crippen LogP contribution in [-0.2, 0) is 0 Å². The lowest BCUT2D eigenvalue weighted by atomic mass is 10.1. The Balaban J connectivity index is 2.51. The molecule has 6 heteroatoms. The zero-order valence-electron chi connectivity index (χ0n) is 9.84. The van der Waals surface area contributed by atoms with Gasteiger partial charge in [0.1, 0.15) is 0 Å². The molecule has 2 rings (SSSR count). The lowest BCUT2D eigenvalue weighted by molar-refractivity contribution is 0.0653. The molecule has 0 unspecified atom stereocenters. The molecule has 0 fully saturated rings. The predicted octanol–water partition coefficient (Wildman–Crippen LogP) is 2.06. The first-order valence-electron chi connectivity index (χ1n) is 5.07. The van der Waals surface area contributed by atoms with Crippen molar-refractivity contribution in [1.29, 1.82) is 0 Å². The standard InChI is InChI=1S/C12H11NO5/c1-16-9-4-3-7(5-10(9)17-2)8-6-13-18-11(8)12(14)15/h3-6H,1-2H3,(H,14,15). The second kappa shape index (κ2) is 4.79. The topological polar surface area (TPSA) is 81.8 Å². The van der Waals surface area contributed by atoms with Gasteiger partial charge < -0.3 is 19.1 Å². The van der Waals surface area contributed by atoms with Crippen LogP contribution in [0.2, 0.25) is 0 Å². The van der Waals surface area contributed by atoms with E-state index in [9.17, 15) is 4.79 Å². The number of carboxylic acids is 1. The van der Waals surface area contributed by atoms with Crippen LogP contribution in [0.5, 0.6) is 11.5 Å². The van der Waals surface area contributed by atoms with E-state index in [2.05, 4.69) is 9.68 Å². The van der Waals surface area contributed by atoms with Gasteiger partial charge in [0, 0.05) is 0 Å². The van der Waals surface area contributed by atoms with Crippen molar-refractivity contribution in [3.05, 3.63) is 30.2 Å². The van der Waals surface area contributed by atoms with Crippen LogP contribution in [0.25, 0.3) is 11.1 Å². The highest BCUT2D eigenvalue weighted by Gasteiger charge is 2.18. The van der Waals surface area contributed by atoms with E-state index in [0.29, 0.717) is 22.6 Å². The SMILES string of the molecule is COc1ccc(-c2cnoc2C(=O)O)cc1OC. The van der Waals surface area contributed by atoms with Gasteiger partial charge in [-0.3, -0.25) is 0 Å². The van der Waals surface area contributed by atoms with Crippen molar-refractivity contribution in [2.45, 2.75) is 0 Å². The molecule has 1 aromatic heterocycles. The van der Waals surface area contributed by atoms with Crippen molar-refractivity contribution in [1.82, 2.24) is 5.16 Å². The molecule has 0 atom stereocenters. The maximum atomic E-state index is 10.9. The van der Waals surface area contributed by atoms with Crippen LogP contribution in [0, 0.1) is 0 Å². The van der Waals surface area contributed by atoms with Gasteiger partial charge in [-0.15, -0.1) is 0 Å². The lowest BCUT2D eigenvalue weighted by Gasteiger charge is -2.08. The molecule has 1 aromatic carbocycles. The van der Waals surface area contributed by atoms with Crippen LogP contribution in [0.1, 0.15) is 10.6 Å². The number of hydrogen-bond acceptors (Lipinski definition) is 5. The summed E-state index contributed by atoms with van der Waals surface area (Å²) in [4.78, 5) is 10.9. The van der Waals surface area contributed by atoms with Gasteiger partial charge in [-0.2, -0.15) is 0 Å². The number of ether oxygens (including phenoxy) is 2. The Morgan fingerprint density at radius 3 is 2.61 bits per heavy atom. The van der Waals surface area contributed by atoms with Crippen LogP contribution in [0.15, 0.2) is 28.9 Å². The molecule has 1 heterocycles. The molecule has 0 saturated heterocycles. The van der Waals surface area contributed by atoms with Gasteiger partial charge in [0.2, 0.25) is 0 Å². The van der Waals surface area contributed by atoms with E-state index in [1.807, 2.05) is 0 Å². The van der Waals surface area contributed by atoms with Crippen molar-refractivity contribution >= 4 is 5.97 Å². The number of aromatic carboxylic acids is 1. The Labute approximate surface area is 103 Å². The summed E-state index contributed by atoms with van der Waals surface area (Å²) in [6.07, 6.45) is 1.35. The molecule has 18 heavy (non-hydrogen) atoms. The summed E-state index contributed by atoms with van der Waals surface area (Å²) in [6.45, 7) is 0. The van der Waals surface area contributed by atoms with E-state index in [1.165, 1.54) is 20.4 Å². The largest absolute Gasteiger partial charge is 0.493 e. The Morgan fingerprint density at radius 1 is 1.28 bits per heavy atom. The Hall–Kier alpha value is -2.50. The van der Waals surface area contributed by atoms with Crippen molar-refractivity contribution in [2.75, 3.05) is 14.2 Å². The summed E-state index contributed by atoms with van der Waals surface area (Å²) in [5.74, 6) is -0.304. The molecule has 0 spiro atoms. The second-order valence-corrected chi connectivity index (χ2v) is 3.44. The highest BCUT2D eigenvalue weighted by molar-refractivity contribution is 5.92. The lowest BCUT2D eigenvalue weighted by Crippen LogP contribution is -1.96. The summed E-state index contributed by atoms with van der Waals surface area (Å²) < 4.78 is 14.9. The summed E-state index contributed by atoms with van der Waals surface area (Å²) in [6, 6.07) is 5.06. The third kappa shape index (κ3) is 2.00. The first-order valence-corrected chi connectivity index (χ1v) is 5.07. The molecule has 0 bridgehead atoms. The third-order valence-electron chi connectivity index (χ3n) is 2.46. The first-order chi connectivity index (χ1) is 8.67. The summed E-state index contributed by atoms with van der Waals surface area (Å²) in [5.41, 5.74) is 1.02. The van der Waals surface area contributed by atoms with Gasteiger partial charge in [0.15, 0.2) is 11.5 Å². The number of carboxylic acid groups (broad SMARTS) is 1. The maximum Gasteiger partial charge on any atom is 0.375 e. The van der Waals surface area contributed by atoms with E-state index in [0.717, 1.165) is 0 Å². The van der Waals surface area contributed by atoms with Crippen LogP contribution < -0.4 is 9.47 Å². The van der Waals surface area contributed by atoms with Crippen LogP contribution in [0.3, 0.4) is 0 Å². The third-order valence-corrected chi connectivity index (χ3v) is 2.46. The molecule has 0 radical (unpaired) electrons. The number of carbonyl (C=O) groups is 1. The molecule has 94 valence electrons. The minimum absolute atomic E-state index is 0.206. The fourth-order valence-electron chi connectivity index (χ4n) is 1.60. The minimum atomic E-state index is -1.17. The van der Waals surface area contributed by atoms with Gasteiger partial charge in [0.25, 0.3) is 5.76 Å². The van der Waals surface area contributed by atoms with E-state index in [1.54, 1.807) is 18.2 Å². The van der Waals surface area contributed by atoms with Crippen molar-refractivity contribution in [2.24, 2.45) is 0 Å². The zero-order chi connectivity index (χ0) is 13.1. The number of methoxy groups -OCH3 is 2. The summed E-state index contributed by atoms with van der Waals surface area (Å²) in [5, 5.41) is 12.4. The smallest absolute Gasteiger partial charge is 0.375 e. The highest BCUT2D eigenvalue weighted by atomic mass is 16.5. The predicted molar refractivity (Wildman–Crippen MR) is 62.0 cm³/mol. The van der Waals surface area contributed by atoms with Gasteiger partial charge in [-0.1, -0.05) is 11.2 Å². The normalized spacial score (nSPS) is 10.1. The fraction of sp³-hybridized carbons (Fsp3) is 0.167. The van der Waals surface area contributed by atoms with Crippen molar-refractivity contribution in [3.63, 3.8) is 0 Å². The van der Waals surface area contributed by atoms with Gasteiger partial charge >= 0.3 is 5.97 Å². The number of benzene rings is 1. The molecule has 1 N–H and O–H groups in total. The van der Waals surface area contributed by atoms with E-state index >= 15 is 0 Å². The zero-order valence-corrected chi connectivity index (χ0v) is 9.84. The second-order valence-electron chi connectivity index (χ2n) is 3.44. The average molecular weight is 249 g/mol. The van der Waals surface area contributed by atoms with Crippen LogP contribution >= 0.6 is 0 Å². The molecular formula is C12H11NO5. The molecular weight excluding hydrogens is 238 g/mol. The molecule has 0 amide bonds. The van der Waals surface area contributed by atoms with Crippen molar-refractivity contribution in [3.8, 4) is 22.6 Å².